The first-order valence-electron chi connectivity index (χ1n) is 5.51. The Labute approximate surface area is 102 Å². The molecule has 0 amide bonds. The van der Waals surface area contributed by atoms with Crippen LogP contribution in [0.4, 0.5) is 5.69 Å². The van der Waals surface area contributed by atoms with E-state index in [1.165, 1.54) is 5.69 Å². The smallest absolute Gasteiger partial charge is 0.0839 e. The van der Waals surface area contributed by atoms with Gasteiger partial charge in [0.2, 0.25) is 0 Å². The standard InChI is InChI=1S/C13H15ClN2/c14-7-1-2-12-3-5-13(6-4-12)16-10-8-15-9-11-16/h3-6,15H,7-11H2. The molecule has 0 atom stereocenters. The number of halogens is 1. The fourth-order valence-corrected chi connectivity index (χ4v) is 1.88. The van der Waals surface area contributed by atoms with Crippen LogP contribution in [0.15, 0.2) is 24.3 Å². The Hall–Kier alpha value is -1.17. The molecule has 1 aliphatic heterocycles. The minimum Gasteiger partial charge on any atom is -0.369 e. The maximum atomic E-state index is 5.52. The van der Waals surface area contributed by atoms with E-state index in [0.29, 0.717) is 5.88 Å². The van der Waals surface area contributed by atoms with Crippen molar-refractivity contribution in [2.45, 2.75) is 0 Å². The van der Waals surface area contributed by atoms with Crippen molar-refractivity contribution >= 4 is 17.3 Å². The zero-order chi connectivity index (χ0) is 11.2. The van der Waals surface area contributed by atoms with Gasteiger partial charge in [-0.2, -0.15) is 0 Å². The molecule has 1 saturated heterocycles. The number of hydrogen-bond acceptors (Lipinski definition) is 2. The average Bonchev–Trinajstić information content (AvgIpc) is 2.38. The van der Waals surface area contributed by atoms with Gasteiger partial charge in [-0.05, 0) is 24.3 Å². The number of anilines is 1. The molecule has 0 spiro atoms. The van der Waals surface area contributed by atoms with Crippen LogP contribution in [0.3, 0.4) is 0 Å². The van der Waals surface area contributed by atoms with E-state index in [1.54, 1.807) is 0 Å². The molecule has 1 aromatic rings. The number of nitrogens with one attached hydrogen (secondary N) is 1. The molecule has 1 aromatic carbocycles. The fourth-order valence-electron chi connectivity index (χ4n) is 1.81. The van der Waals surface area contributed by atoms with Crippen LogP contribution >= 0.6 is 11.6 Å². The molecule has 1 N–H and O–H groups in total. The lowest BCUT2D eigenvalue weighted by Gasteiger charge is -2.29. The molecule has 1 aliphatic rings. The van der Waals surface area contributed by atoms with Crippen LogP contribution in [0.5, 0.6) is 0 Å². The number of nitrogens with zero attached hydrogens (tertiary/aromatic N) is 1. The highest BCUT2D eigenvalue weighted by Crippen LogP contribution is 2.15. The third kappa shape index (κ3) is 2.91. The molecule has 0 saturated carbocycles. The highest BCUT2D eigenvalue weighted by Gasteiger charge is 2.09. The number of rotatable bonds is 1. The van der Waals surface area contributed by atoms with Gasteiger partial charge in [-0.25, -0.2) is 0 Å². The summed E-state index contributed by atoms with van der Waals surface area (Å²) in [6, 6.07) is 8.36. The Morgan fingerprint density at radius 3 is 2.50 bits per heavy atom. The summed E-state index contributed by atoms with van der Waals surface area (Å²) in [5.74, 6) is 6.26. The first kappa shape index (κ1) is 11.3. The van der Waals surface area contributed by atoms with Gasteiger partial charge in [-0.3, -0.25) is 0 Å². The lowest BCUT2D eigenvalue weighted by Crippen LogP contribution is -2.43. The highest BCUT2D eigenvalue weighted by molar-refractivity contribution is 6.19. The summed E-state index contributed by atoms with van der Waals surface area (Å²) in [7, 11) is 0. The van der Waals surface area contributed by atoms with Gasteiger partial charge in [0.05, 0.1) is 5.88 Å². The number of alkyl halides is 1. The van der Waals surface area contributed by atoms with Crippen molar-refractivity contribution in [3.63, 3.8) is 0 Å². The topological polar surface area (TPSA) is 15.3 Å². The predicted molar refractivity (Wildman–Crippen MR) is 69.1 cm³/mol. The van der Waals surface area contributed by atoms with Gasteiger partial charge in [0.1, 0.15) is 0 Å². The summed E-state index contributed by atoms with van der Waals surface area (Å²) in [5, 5.41) is 3.35. The maximum Gasteiger partial charge on any atom is 0.0839 e. The van der Waals surface area contributed by atoms with E-state index in [9.17, 15) is 0 Å². The van der Waals surface area contributed by atoms with Crippen molar-refractivity contribution in [1.29, 1.82) is 0 Å². The quantitative estimate of drug-likeness (QED) is 0.588. The second-order valence-corrected chi connectivity index (χ2v) is 3.99. The molecule has 1 fully saturated rings. The summed E-state index contributed by atoms with van der Waals surface area (Å²) in [5.41, 5.74) is 2.30. The van der Waals surface area contributed by atoms with Crippen LogP contribution in [0.1, 0.15) is 5.56 Å². The van der Waals surface area contributed by atoms with Gasteiger partial charge in [0.15, 0.2) is 0 Å². The Morgan fingerprint density at radius 2 is 1.88 bits per heavy atom. The van der Waals surface area contributed by atoms with Gasteiger partial charge in [-0.15, -0.1) is 11.6 Å². The summed E-state index contributed by atoms with van der Waals surface area (Å²) >= 11 is 5.52. The second-order valence-electron chi connectivity index (χ2n) is 3.72. The Morgan fingerprint density at radius 1 is 1.19 bits per heavy atom. The monoisotopic (exact) mass is 234 g/mol. The Bertz CT molecular complexity index is 383. The van der Waals surface area contributed by atoms with Crippen LogP contribution < -0.4 is 10.2 Å². The molecule has 2 rings (SSSR count). The van der Waals surface area contributed by atoms with Crippen molar-refractivity contribution in [2.75, 3.05) is 37.0 Å². The van der Waals surface area contributed by atoms with Gasteiger partial charge in [0.25, 0.3) is 0 Å². The first-order chi connectivity index (χ1) is 7.90. The molecular formula is C13H15ClN2. The molecule has 0 unspecified atom stereocenters. The zero-order valence-electron chi connectivity index (χ0n) is 9.17. The molecule has 1 heterocycles. The molecule has 0 aliphatic carbocycles. The third-order valence-corrected chi connectivity index (χ3v) is 2.78. The van der Waals surface area contributed by atoms with Crippen molar-refractivity contribution in [1.82, 2.24) is 5.32 Å². The van der Waals surface area contributed by atoms with Gasteiger partial charge in [-0.1, -0.05) is 11.8 Å². The Kier molecular flexibility index (Phi) is 4.10. The van der Waals surface area contributed by atoms with Gasteiger partial charge >= 0.3 is 0 Å². The van der Waals surface area contributed by atoms with Gasteiger partial charge in [0, 0.05) is 37.4 Å². The SMILES string of the molecule is ClCC#Cc1ccc(N2CCNCC2)cc1. The summed E-state index contributed by atoms with van der Waals surface area (Å²) < 4.78 is 0. The van der Waals surface area contributed by atoms with Crippen LogP contribution in [0.2, 0.25) is 0 Å². The Balaban J connectivity index is 2.06. The first-order valence-corrected chi connectivity index (χ1v) is 6.04. The van der Waals surface area contributed by atoms with Crippen LogP contribution in [0.25, 0.3) is 0 Å². The minimum atomic E-state index is 0.388. The fraction of sp³-hybridized carbons (Fsp3) is 0.385. The molecule has 2 nitrogen and oxygen atoms in total. The molecular weight excluding hydrogens is 220 g/mol. The summed E-state index contributed by atoms with van der Waals surface area (Å²) in [6.07, 6.45) is 0. The molecule has 3 heteroatoms. The zero-order valence-corrected chi connectivity index (χ0v) is 9.93. The van der Waals surface area contributed by atoms with E-state index in [2.05, 4.69) is 46.3 Å². The largest absolute Gasteiger partial charge is 0.369 e. The van der Waals surface area contributed by atoms with Gasteiger partial charge < -0.3 is 10.2 Å². The lowest BCUT2D eigenvalue weighted by atomic mass is 10.2. The van der Waals surface area contributed by atoms with Crippen molar-refractivity contribution in [3.8, 4) is 11.8 Å². The van der Waals surface area contributed by atoms with Crippen LogP contribution in [0, 0.1) is 11.8 Å². The molecule has 0 bridgehead atoms. The van der Waals surface area contributed by atoms with Crippen LogP contribution in [-0.2, 0) is 0 Å². The van der Waals surface area contributed by atoms with E-state index >= 15 is 0 Å². The van der Waals surface area contributed by atoms with Crippen molar-refractivity contribution in [2.24, 2.45) is 0 Å². The summed E-state index contributed by atoms with van der Waals surface area (Å²) in [4.78, 5) is 2.38. The van der Waals surface area contributed by atoms with Crippen molar-refractivity contribution < 1.29 is 0 Å². The third-order valence-electron chi connectivity index (χ3n) is 2.65. The normalized spacial score (nSPS) is 15.4. The molecule has 84 valence electrons. The molecule has 0 radical (unpaired) electrons. The van der Waals surface area contributed by atoms with E-state index in [4.69, 9.17) is 11.6 Å². The number of piperazine rings is 1. The second kappa shape index (κ2) is 5.79. The van der Waals surface area contributed by atoms with Crippen LogP contribution in [-0.4, -0.2) is 32.1 Å². The van der Waals surface area contributed by atoms with E-state index in [0.717, 1.165) is 31.7 Å². The highest BCUT2D eigenvalue weighted by atomic mass is 35.5. The maximum absolute atomic E-state index is 5.52. The average molecular weight is 235 g/mol. The van der Waals surface area contributed by atoms with Crippen molar-refractivity contribution in [3.05, 3.63) is 29.8 Å². The number of benzene rings is 1. The molecule has 0 aromatic heterocycles. The lowest BCUT2D eigenvalue weighted by molar-refractivity contribution is 0.589. The van der Waals surface area contributed by atoms with E-state index < -0.39 is 0 Å². The van der Waals surface area contributed by atoms with E-state index in [1.807, 2.05) is 0 Å². The summed E-state index contributed by atoms with van der Waals surface area (Å²) in [6.45, 7) is 4.28. The molecule has 16 heavy (non-hydrogen) atoms. The number of hydrogen-bond donors (Lipinski definition) is 1. The predicted octanol–water partition coefficient (Wildman–Crippen LogP) is 1.69. The minimum absolute atomic E-state index is 0.388. The van der Waals surface area contributed by atoms with E-state index in [-0.39, 0.29) is 0 Å².